The molecule has 10 heavy (non-hydrogen) atoms. The van der Waals surface area contributed by atoms with Crippen LogP contribution in [0.2, 0.25) is 0 Å². The summed E-state index contributed by atoms with van der Waals surface area (Å²) in [6.45, 7) is 0.694. The van der Waals surface area contributed by atoms with E-state index in [1.54, 1.807) is 0 Å². The number of dihydropyridines is 1. The van der Waals surface area contributed by atoms with Crippen molar-refractivity contribution >= 4 is 12.4 Å². The topological polar surface area (TPSA) is 36.8 Å². The van der Waals surface area contributed by atoms with Crippen LogP contribution >= 0.6 is 0 Å². The summed E-state index contributed by atoms with van der Waals surface area (Å²) >= 11 is 0. The van der Waals surface area contributed by atoms with Crippen LogP contribution in [0.4, 0.5) is 0 Å². The van der Waals surface area contributed by atoms with Gasteiger partial charge in [0.15, 0.2) is 0 Å². The predicted octanol–water partition coefficient (Wildman–Crippen LogP) is 0.345. The molecule has 3 nitrogen and oxygen atoms in total. The summed E-state index contributed by atoms with van der Waals surface area (Å²) in [4.78, 5) is 8.34. The van der Waals surface area contributed by atoms with Crippen LogP contribution in [0.15, 0.2) is 21.6 Å². The maximum atomic E-state index is 4.26. The van der Waals surface area contributed by atoms with Crippen LogP contribution in [0, 0.1) is 0 Å². The van der Waals surface area contributed by atoms with Gasteiger partial charge in [0.2, 0.25) is 0 Å². The van der Waals surface area contributed by atoms with Gasteiger partial charge in [-0.25, -0.2) is 0 Å². The fraction of sp³-hybridized carbons (Fsp3) is 0.429. The Morgan fingerprint density at radius 1 is 1.60 bits per heavy atom. The first-order valence-corrected chi connectivity index (χ1v) is 3.42. The van der Waals surface area contributed by atoms with Gasteiger partial charge in [-0.15, -0.1) is 0 Å². The zero-order valence-corrected chi connectivity index (χ0v) is 5.62. The van der Waals surface area contributed by atoms with Crippen LogP contribution < -0.4 is 5.32 Å². The number of hydrogen-bond donors (Lipinski definition) is 1. The second kappa shape index (κ2) is 2.34. The number of allylic oxidation sites excluding steroid dienone is 1. The van der Waals surface area contributed by atoms with E-state index >= 15 is 0 Å². The minimum atomic E-state index is 0.186. The number of fused-ring (bicyclic) bond motifs is 1. The molecular weight excluding hydrogens is 126 g/mol. The van der Waals surface area contributed by atoms with Crippen molar-refractivity contribution < 1.29 is 0 Å². The molecule has 0 bridgehead atoms. The average Bonchev–Trinajstić information content (AvgIpc) is 2.05. The lowest BCUT2D eigenvalue weighted by Crippen LogP contribution is -2.34. The lowest BCUT2D eigenvalue weighted by molar-refractivity contribution is 0.600. The van der Waals surface area contributed by atoms with Crippen molar-refractivity contribution in [1.82, 2.24) is 5.32 Å². The van der Waals surface area contributed by atoms with Gasteiger partial charge in [-0.05, 0) is 0 Å². The van der Waals surface area contributed by atoms with E-state index in [4.69, 9.17) is 0 Å². The van der Waals surface area contributed by atoms with Crippen molar-refractivity contribution in [2.45, 2.75) is 12.6 Å². The smallest absolute Gasteiger partial charge is 0.127 e. The van der Waals surface area contributed by atoms with E-state index in [1.165, 1.54) is 5.57 Å². The van der Waals surface area contributed by atoms with Gasteiger partial charge in [0, 0.05) is 24.4 Å². The van der Waals surface area contributed by atoms with E-state index in [0.29, 0.717) is 6.67 Å². The predicted molar refractivity (Wildman–Crippen MR) is 41.5 cm³/mol. The van der Waals surface area contributed by atoms with Gasteiger partial charge in [-0.1, -0.05) is 6.08 Å². The number of hydrogen-bond acceptors (Lipinski definition) is 3. The lowest BCUT2D eigenvalue weighted by Gasteiger charge is -2.20. The molecule has 0 saturated carbocycles. The molecule has 3 heteroatoms. The highest BCUT2D eigenvalue weighted by atomic mass is 15.1. The Hall–Kier alpha value is -0.960. The molecule has 0 aromatic heterocycles. The van der Waals surface area contributed by atoms with Crippen LogP contribution in [0.1, 0.15) is 6.42 Å². The van der Waals surface area contributed by atoms with Gasteiger partial charge in [0.25, 0.3) is 0 Å². The van der Waals surface area contributed by atoms with Crippen molar-refractivity contribution in [3.63, 3.8) is 0 Å². The summed E-state index contributed by atoms with van der Waals surface area (Å²) in [5, 5.41) is 3.16. The second-order valence-corrected chi connectivity index (χ2v) is 2.35. The number of rotatable bonds is 0. The SMILES string of the molecule is C1=NCNC2N=CCC=C12. The lowest BCUT2D eigenvalue weighted by atomic mass is 10.1. The molecule has 0 amide bonds. The molecule has 0 spiro atoms. The fourth-order valence-corrected chi connectivity index (χ4v) is 1.14. The quantitative estimate of drug-likeness (QED) is 0.511. The highest BCUT2D eigenvalue weighted by Gasteiger charge is 2.14. The molecule has 2 rings (SSSR count). The summed E-state index contributed by atoms with van der Waals surface area (Å²) in [5.74, 6) is 0. The van der Waals surface area contributed by atoms with E-state index in [9.17, 15) is 0 Å². The standard InChI is InChI=1S/C7H9N3/c1-2-6-4-8-5-10-7(6)9-3-1/h2-4,7,10H,1,5H2. The van der Waals surface area contributed by atoms with Gasteiger partial charge >= 0.3 is 0 Å². The van der Waals surface area contributed by atoms with E-state index in [-0.39, 0.29) is 6.17 Å². The van der Waals surface area contributed by atoms with E-state index in [1.807, 2.05) is 12.4 Å². The third kappa shape index (κ3) is 0.885. The minimum absolute atomic E-state index is 0.186. The van der Waals surface area contributed by atoms with Crippen molar-refractivity contribution in [2.75, 3.05) is 6.67 Å². The van der Waals surface area contributed by atoms with Crippen molar-refractivity contribution in [2.24, 2.45) is 9.98 Å². The second-order valence-electron chi connectivity index (χ2n) is 2.35. The molecule has 1 atom stereocenters. The third-order valence-electron chi connectivity index (χ3n) is 1.65. The van der Waals surface area contributed by atoms with Crippen LogP contribution in [0.3, 0.4) is 0 Å². The minimum Gasteiger partial charge on any atom is -0.277 e. The largest absolute Gasteiger partial charge is 0.277 e. The molecule has 1 unspecified atom stereocenters. The highest BCUT2D eigenvalue weighted by Crippen LogP contribution is 2.09. The monoisotopic (exact) mass is 135 g/mol. The molecule has 52 valence electrons. The molecule has 0 aromatic carbocycles. The summed E-state index contributed by atoms with van der Waals surface area (Å²) in [6.07, 6.45) is 7.11. The zero-order chi connectivity index (χ0) is 6.81. The van der Waals surface area contributed by atoms with Crippen LogP contribution in [-0.2, 0) is 0 Å². The molecule has 0 aliphatic carbocycles. The Kier molecular flexibility index (Phi) is 1.36. The molecular formula is C7H9N3. The normalized spacial score (nSPS) is 29.6. The summed E-state index contributed by atoms with van der Waals surface area (Å²) < 4.78 is 0. The Balaban J connectivity index is 2.26. The van der Waals surface area contributed by atoms with E-state index in [0.717, 1.165) is 6.42 Å². The van der Waals surface area contributed by atoms with Crippen LogP contribution in [0.5, 0.6) is 0 Å². The molecule has 2 aliphatic rings. The molecule has 0 fully saturated rings. The molecule has 1 N–H and O–H groups in total. The van der Waals surface area contributed by atoms with Gasteiger partial charge in [-0.2, -0.15) is 0 Å². The molecule has 2 heterocycles. The Labute approximate surface area is 59.6 Å². The van der Waals surface area contributed by atoms with Crippen molar-refractivity contribution in [3.05, 3.63) is 11.6 Å². The highest BCUT2D eigenvalue weighted by molar-refractivity contribution is 5.83. The number of nitrogens with one attached hydrogen (secondary N) is 1. The number of nitrogens with zero attached hydrogens (tertiary/aromatic N) is 2. The first-order valence-electron chi connectivity index (χ1n) is 3.42. The fourth-order valence-electron chi connectivity index (χ4n) is 1.14. The van der Waals surface area contributed by atoms with E-state index < -0.39 is 0 Å². The molecule has 2 aliphatic heterocycles. The molecule has 0 radical (unpaired) electrons. The first-order chi connectivity index (χ1) is 4.97. The molecule has 0 aromatic rings. The first kappa shape index (κ1) is 5.80. The van der Waals surface area contributed by atoms with Gasteiger partial charge in [-0.3, -0.25) is 15.3 Å². The Bertz CT molecular complexity index is 215. The van der Waals surface area contributed by atoms with E-state index in [2.05, 4.69) is 21.4 Å². The maximum absolute atomic E-state index is 4.26. The Morgan fingerprint density at radius 2 is 2.60 bits per heavy atom. The van der Waals surface area contributed by atoms with Crippen molar-refractivity contribution in [1.29, 1.82) is 0 Å². The van der Waals surface area contributed by atoms with Crippen molar-refractivity contribution in [3.8, 4) is 0 Å². The molecule has 0 saturated heterocycles. The van der Waals surface area contributed by atoms with Crippen LogP contribution in [-0.4, -0.2) is 25.3 Å². The summed E-state index contributed by atoms with van der Waals surface area (Å²) in [7, 11) is 0. The van der Waals surface area contributed by atoms with Gasteiger partial charge < -0.3 is 0 Å². The summed E-state index contributed by atoms with van der Waals surface area (Å²) in [5.41, 5.74) is 1.20. The number of aliphatic imine (C=N–C) groups is 2. The van der Waals surface area contributed by atoms with Gasteiger partial charge in [0.1, 0.15) is 6.17 Å². The van der Waals surface area contributed by atoms with Gasteiger partial charge in [0.05, 0.1) is 6.67 Å². The van der Waals surface area contributed by atoms with Crippen LogP contribution in [0.25, 0.3) is 0 Å². The Morgan fingerprint density at radius 3 is 3.50 bits per heavy atom. The summed E-state index contributed by atoms with van der Waals surface area (Å²) in [6, 6.07) is 0. The zero-order valence-electron chi connectivity index (χ0n) is 5.62. The maximum Gasteiger partial charge on any atom is 0.127 e. The third-order valence-corrected chi connectivity index (χ3v) is 1.65. The average molecular weight is 135 g/mol.